The zero-order valence-electron chi connectivity index (χ0n) is 15.0. The van der Waals surface area contributed by atoms with Gasteiger partial charge in [-0.2, -0.15) is 0 Å². The average Bonchev–Trinajstić information content (AvgIpc) is 3.32. The Morgan fingerprint density at radius 3 is 1.78 bits per heavy atom. The molecule has 0 atom stereocenters. The Labute approximate surface area is 142 Å². The van der Waals surface area contributed by atoms with Crippen molar-refractivity contribution in [1.29, 1.82) is 0 Å². The molecule has 2 aliphatic carbocycles. The third kappa shape index (κ3) is 8.01. The highest BCUT2D eigenvalue weighted by atomic mass is 16.1. The number of rotatable bonds is 1. The van der Waals surface area contributed by atoms with Gasteiger partial charge in [0.1, 0.15) is 5.78 Å². The number of carbonyl (C=O) groups excluding carboxylic acids is 1. The van der Waals surface area contributed by atoms with E-state index in [2.05, 4.69) is 16.3 Å². The summed E-state index contributed by atoms with van der Waals surface area (Å²) < 4.78 is 0. The number of nitrogens with zero attached hydrogens (tertiary/aromatic N) is 1. The smallest absolute Gasteiger partial charge is 0.132 e. The first-order valence-electron chi connectivity index (χ1n) is 10.0. The molecule has 2 saturated heterocycles. The van der Waals surface area contributed by atoms with E-state index in [1.165, 1.54) is 84.0 Å². The van der Waals surface area contributed by atoms with Gasteiger partial charge in [-0.15, -0.1) is 0 Å². The summed E-state index contributed by atoms with van der Waals surface area (Å²) in [6, 6.07) is 0. The highest BCUT2D eigenvalue weighted by Crippen LogP contribution is 2.24. The van der Waals surface area contributed by atoms with E-state index in [0.29, 0.717) is 5.78 Å². The molecule has 2 heterocycles. The Morgan fingerprint density at radius 1 is 0.739 bits per heavy atom. The Morgan fingerprint density at radius 2 is 1.39 bits per heavy atom. The molecule has 0 aromatic heterocycles. The van der Waals surface area contributed by atoms with Crippen molar-refractivity contribution in [2.75, 3.05) is 26.2 Å². The predicted molar refractivity (Wildman–Crippen MR) is 97.6 cm³/mol. The second kappa shape index (κ2) is 11.7. The number of nitrogens with one attached hydrogen (secondary N) is 1. The first kappa shape index (κ1) is 18.5. The molecule has 0 aromatic carbocycles. The fraction of sp³-hybridized carbons (Fsp3) is 0.850. The minimum Gasteiger partial charge on any atom is -0.375 e. The molecule has 132 valence electrons. The molecule has 23 heavy (non-hydrogen) atoms. The number of piperidine rings is 2. The Kier molecular flexibility index (Phi) is 9.39. The van der Waals surface area contributed by atoms with Crippen LogP contribution >= 0.6 is 0 Å². The van der Waals surface area contributed by atoms with E-state index in [1.54, 1.807) is 5.70 Å². The molecule has 0 spiro atoms. The number of hydrogen-bond acceptors (Lipinski definition) is 3. The molecule has 4 aliphatic rings. The molecular formula is C20H36N2O. The fourth-order valence-electron chi connectivity index (χ4n) is 3.69. The van der Waals surface area contributed by atoms with E-state index in [4.69, 9.17) is 0 Å². The number of carbonyl (C=O) groups is 1. The monoisotopic (exact) mass is 320 g/mol. The summed E-state index contributed by atoms with van der Waals surface area (Å²) in [5.41, 5.74) is 1.64. The summed E-state index contributed by atoms with van der Waals surface area (Å²) in [7, 11) is 0. The molecule has 0 bridgehead atoms. The minimum absolute atomic E-state index is 0.454. The van der Waals surface area contributed by atoms with Crippen LogP contribution in [0.1, 0.15) is 83.5 Å². The van der Waals surface area contributed by atoms with E-state index in [9.17, 15) is 4.79 Å². The molecule has 3 nitrogen and oxygen atoms in total. The maximum atomic E-state index is 10.2. The second-order valence-corrected chi connectivity index (χ2v) is 7.19. The van der Waals surface area contributed by atoms with E-state index < -0.39 is 0 Å². The molecule has 3 fully saturated rings. The van der Waals surface area contributed by atoms with Crippen molar-refractivity contribution in [2.24, 2.45) is 0 Å². The number of hydrogen-bond donors (Lipinski definition) is 1. The Balaban J connectivity index is 0.000000136. The highest BCUT2D eigenvalue weighted by Gasteiger charge is 2.14. The predicted octanol–water partition coefficient (Wildman–Crippen LogP) is 4.43. The summed E-state index contributed by atoms with van der Waals surface area (Å²) in [5, 5.41) is 3.28. The quantitative estimate of drug-likeness (QED) is 0.776. The SMILES string of the molecule is C1=C(N2CCCCC2)CCC1.C1CCNCC1.O=C1CCCC1. The third-order valence-corrected chi connectivity index (χ3v) is 5.15. The van der Waals surface area contributed by atoms with E-state index in [-0.39, 0.29) is 0 Å². The average molecular weight is 321 g/mol. The maximum Gasteiger partial charge on any atom is 0.132 e. The molecule has 0 unspecified atom stereocenters. The summed E-state index contributed by atoms with van der Waals surface area (Å²) >= 11 is 0. The van der Waals surface area contributed by atoms with Gasteiger partial charge in [0, 0.05) is 31.6 Å². The zero-order valence-corrected chi connectivity index (χ0v) is 15.0. The van der Waals surface area contributed by atoms with Crippen LogP contribution in [0.25, 0.3) is 0 Å². The summed E-state index contributed by atoms with van der Waals surface area (Å²) in [6.07, 6.45) is 19.0. The van der Waals surface area contributed by atoms with Crippen molar-refractivity contribution in [3.8, 4) is 0 Å². The lowest BCUT2D eigenvalue weighted by atomic mass is 10.1. The number of likely N-dealkylation sites (tertiary alicyclic amines) is 1. The first-order valence-corrected chi connectivity index (χ1v) is 10.0. The molecule has 3 heteroatoms. The lowest BCUT2D eigenvalue weighted by molar-refractivity contribution is -0.117. The van der Waals surface area contributed by atoms with Crippen LogP contribution in [0.4, 0.5) is 0 Å². The second-order valence-electron chi connectivity index (χ2n) is 7.19. The van der Waals surface area contributed by atoms with Crippen LogP contribution in [0.15, 0.2) is 11.8 Å². The van der Waals surface area contributed by atoms with Gasteiger partial charge in [0.15, 0.2) is 0 Å². The lowest BCUT2D eigenvalue weighted by Crippen LogP contribution is -2.28. The third-order valence-electron chi connectivity index (χ3n) is 5.15. The van der Waals surface area contributed by atoms with Crippen LogP contribution in [-0.4, -0.2) is 36.9 Å². The summed E-state index contributed by atoms with van der Waals surface area (Å²) in [4.78, 5) is 12.8. The molecule has 1 saturated carbocycles. The van der Waals surface area contributed by atoms with Gasteiger partial charge in [0.25, 0.3) is 0 Å². The fourth-order valence-corrected chi connectivity index (χ4v) is 3.69. The van der Waals surface area contributed by atoms with Gasteiger partial charge in [0.2, 0.25) is 0 Å². The topological polar surface area (TPSA) is 32.3 Å². The van der Waals surface area contributed by atoms with Crippen molar-refractivity contribution in [2.45, 2.75) is 83.5 Å². The maximum absolute atomic E-state index is 10.2. The summed E-state index contributed by atoms with van der Waals surface area (Å²) in [6.45, 7) is 5.15. The number of ketones is 1. The van der Waals surface area contributed by atoms with Crippen LogP contribution < -0.4 is 5.32 Å². The van der Waals surface area contributed by atoms with Crippen molar-refractivity contribution >= 4 is 5.78 Å². The lowest BCUT2D eigenvalue weighted by Gasteiger charge is -2.29. The largest absolute Gasteiger partial charge is 0.375 e. The van der Waals surface area contributed by atoms with Crippen LogP contribution in [0, 0.1) is 0 Å². The van der Waals surface area contributed by atoms with E-state index >= 15 is 0 Å². The van der Waals surface area contributed by atoms with Crippen LogP contribution in [-0.2, 0) is 4.79 Å². The Bertz CT molecular complexity index is 335. The van der Waals surface area contributed by atoms with Crippen LogP contribution in [0.3, 0.4) is 0 Å². The summed E-state index contributed by atoms with van der Waals surface area (Å²) in [5.74, 6) is 0.454. The number of Topliss-reactive ketones (excluding diaryl/α,β-unsaturated/α-hetero) is 1. The van der Waals surface area contributed by atoms with Gasteiger partial charge in [-0.25, -0.2) is 0 Å². The van der Waals surface area contributed by atoms with Gasteiger partial charge in [-0.05, 0) is 77.3 Å². The number of allylic oxidation sites excluding steroid dienone is 2. The van der Waals surface area contributed by atoms with Gasteiger partial charge in [-0.3, -0.25) is 4.79 Å². The van der Waals surface area contributed by atoms with Crippen LogP contribution in [0.5, 0.6) is 0 Å². The first-order chi connectivity index (χ1) is 11.4. The molecule has 0 aromatic rings. The normalized spacial score (nSPS) is 24.3. The molecule has 0 radical (unpaired) electrons. The van der Waals surface area contributed by atoms with Gasteiger partial charge < -0.3 is 10.2 Å². The van der Waals surface area contributed by atoms with Gasteiger partial charge in [-0.1, -0.05) is 12.5 Å². The van der Waals surface area contributed by atoms with E-state index in [1.807, 2.05) is 0 Å². The molecule has 1 N–H and O–H groups in total. The molecular weight excluding hydrogens is 284 g/mol. The van der Waals surface area contributed by atoms with E-state index in [0.717, 1.165) is 25.7 Å². The minimum atomic E-state index is 0.454. The molecule has 0 amide bonds. The molecule has 4 rings (SSSR count). The van der Waals surface area contributed by atoms with Gasteiger partial charge >= 0.3 is 0 Å². The van der Waals surface area contributed by atoms with Crippen molar-refractivity contribution < 1.29 is 4.79 Å². The molecule has 2 aliphatic heterocycles. The highest BCUT2D eigenvalue weighted by molar-refractivity contribution is 5.80. The van der Waals surface area contributed by atoms with Crippen molar-refractivity contribution in [3.63, 3.8) is 0 Å². The van der Waals surface area contributed by atoms with Crippen molar-refractivity contribution in [1.82, 2.24) is 10.2 Å². The standard InChI is InChI=1S/C10H17N.C5H11N.C5H8O/c1-4-8-11(9-5-1)10-6-2-3-7-10;1-2-4-6-5-3-1;6-5-3-1-2-4-5/h6H,1-5,7-9H2;6H,1-5H2;1-4H2. The zero-order chi connectivity index (χ0) is 16.2. The van der Waals surface area contributed by atoms with Gasteiger partial charge in [0.05, 0.1) is 0 Å². The Hall–Kier alpha value is -0.830. The van der Waals surface area contributed by atoms with Crippen molar-refractivity contribution in [3.05, 3.63) is 11.8 Å². The van der Waals surface area contributed by atoms with Crippen LogP contribution in [0.2, 0.25) is 0 Å².